The molecule has 0 spiro atoms. The van der Waals surface area contributed by atoms with Crippen LogP contribution in [-0.2, 0) is 16.6 Å². The number of fused-ring (bicyclic) bond motifs is 2. The zero-order chi connectivity index (χ0) is 17.4. The maximum Gasteiger partial charge on any atom is 0.314 e. The lowest BCUT2D eigenvalue weighted by molar-refractivity contribution is -0.136. The van der Waals surface area contributed by atoms with Crippen LogP contribution in [0.4, 0.5) is 5.82 Å². The van der Waals surface area contributed by atoms with Gasteiger partial charge in [-0.05, 0) is 56.3 Å². The van der Waals surface area contributed by atoms with Gasteiger partial charge < -0.3 is 10.6 Å². The van der Waals surface area contributed by atoms with E-state index in [0.29, 0.717) is 18.3 Å². The summed E-state index contributed by atoms with van der Waals surface area (Å²) in [6.07, 6.45) is 11.0. The van der Waals surface area contributed by atoms with Gasteiger partial charge in [-0.25, -0.2) is 0 Å². The van der Waals surface area contributed by atoms with Crippen molar-refractivity contribution < 1.29 is 9.59 Å². The van der Waals surface area contributed by atoms with Crippen molar-refractivity contribution in [1.29, 1.82) is 0 Å². The number of hydrogen-bond acceptors (Lipinski definition) is 3. The predicted molar refractivity (Wildman–Crippen MR) is 95.1 cm³/mol. The molecule has 2 bridgehead atoms. The normalized spacial score (nSPS) is 28.4. The van der Waals surface area contributed by atoms with E-state index in [1.54, 1.807) is 0 Å². The summed E-state index contributed by atoms with van der Waals surface area (Å²) in [4.78, 5) is 24.4. The number of anilines is 1. The number of nitrogens with one attached hydrogen (secondary N) is 2. The highest BCUT2D eigenvalue weighted by Crippen LogP contribution is 2.53. The van der Waals surface area contributed by atoms with Crippen LogP contribution >= 0.6 is 0 Å². The Balaban J connectivity index is 1.32. The number of nitrogens with zero attached hydrogens (tertiary/aromatic N) is 2. The molecule has 0 aliphatic heterocycles. The second-order valence-electron chi connectivity index (χ2n) is 8.34. The van der Waals surface area contributed by atoms with Gasteiger partial charge in [-0.3, -0.25) is 14.3 Å². The molecule has 6 heteroatoms. The lowest BCUT2D eigenvalue weighted by atomic mass is 9.84. The third kappa shape index (κ3) is 3.31. The molecule has 0 atom stereocenters. The van der Waals surface area contributed by atoms with Crippen molar-refractivity contribution in [2.75, 3.05) is 11.9 Å². The third-order valence-corrected chi connectivity index (χ3v) is 6.65. The van der Waals surface area contributed by atoms with E-state index in [0.717, 1.165) is 11.6 Å². The molecule has 25 heavy (non-hydrogen) atoms. The lowest BCUT2D eigenvalue weighted by Gasteiger charge is -2.26. The van der Waals surface area contributed by atoms with Crippen molar-refractivity contribution in [1.82, 2.24) is 15.1 Å². The fourth-order valence-electron chi connectivity index (χ4n) is 5.23. The molecule has 0 unspecified atom stereocenters. The first kappa shape index (κ1) is 16.6. The van der Waals surface area contributed by atoms with Crippen molar-refractivity contribution in [3.05, 3.63) is 11.8 Å². The third-order valence-electron chi connectivity index (χ3n) is 6.65. The summed E-state index contributed by atoms with van der Waals surface area (Å²) in [5.74, 6) is 0.685. The number of hydrogen-bond donors (Lipinski definition) is 2. The Hall–Kier alpha value is -1.85. The van der Waals surface area contributed by atoms with Gasteiger partial charge in [-0.1, -0.05) is 12.8 Å². The van der Waals surface area contributed by atoms with Gasteiger partial charge in [-0.15, -0.1) is 0 Å². The highest BCUT2D eigenvalue weighted by atomic mass is 16.2. The lowest BCUT2D eigenvalue weighted by Crippen LogP contribution is -2.41. The molecule has 2 N–H and O–H groups in total. The van der Waals surface area contributed by atoms with E-state index in [4.69, 9.17) is 0 Å². The van der Waals surface area contributed by atoms with Gasteiger partial charge in [0, 0.05) is 31.3 Å². The fourth-order valence-corrected chi connectivity index (χ4v) is 5.23. The molecule has 0 aromatic carbocycles. The summed E-state index contributed by atoms with van der Waals surface area (Å²) in [5.41, 5.74) is 1.40. The topological polar surface area (TPSA) is 76.0 Å². The van der Waals surface area contributed by atoms with E-state index in [9.17, 15) is 9.59 Å². The van der Waals surface area contributed by atoms with Crippen molar-refractivity contribution in [2.24, 2.45) is 18.4 Å². The Morgan fingerprint density at radius 1 is 1.20 bits per heavy atom. The molecule has 3 saturated carbocycles. The maximum atomic E-state index is 12.2. The number of aryl methyl sites for hydroxylation is 1. The Kier molecular flexibility index (Phi) is 4.29. The van der Waals surface area contributed by atoms with Crippen LogP contribution in [0.25, 0.3) is 0 Å². The van der Waals surface area contributed by atoms with E-state index in [1.165, 1.54) is 57.8 Å². The molecule has 1 heterocycles. The van der Waals surface area contributed by atoms with Gasteiger partial charge in [0.15, 0.2) is 5.82 Å². The standard InChI is InChI=1S/C19H28N4O2/c1-23-15(14-4-2-3-5-14)10-16(22-23)21-18(25)17(24)20-12-19-8-6-13(11-19)7-9-19/h10,13-14H,2-9,11-12H2,1H3,(H,20,24)(H,21,22,25). The summed E-state index contributed by atoms with van der Waals surface area (Å²) in [6, 6.07) is 1.92. The average molecular weight is 344 g/mol. The van der Waals surface area contributed by atoms with Gasteiger partial charge in [0.2, 0.25) is 0 Å². The van der Waals surface area contributed by atoms with E-state index in [-0.39, 0.29) is 5.41 Å². The minimum absolute atomic E-state index is 0.251. The smallest absolute Gasteiger partial charge is 0.314 e. The number of aromatic nitrogens is 2. The van der Waals surface area contributed by atoms with E-state index in [2.05, 4.69) is 15.7 Å². The maximum absolute atomic E-state index is 12.2. The minimum atomic E-state index is -0.611. The van der Waals surface area contributed by atoms with Gasteiger partial charge in [-0.2, -0.15) is 5.10 Å². The minimum Gasteiger partial charge on any atom is -0.347 e. The molecule has 3 fully saturated rings. The highest BCUT2D eigenvalue weighted by molar-refractivity contribution is 6.39. The first-order chi connectivity index (χ1) is 12.0. The Bertz CT molecular complexity index is 667. The van der Waals surface area contributed by atoms with E-state index in [1.807, 2.05) is 17.8 Å². The van der Waals surface area contributed by atoms with Crippen LogP contribution in [0.5, 0.6) is 0 Å². The van der Waals surface area contributed by atoms with Crippen LogP contribution in [0.1, 0.15) is 69.4 Å². The van der Waals surface area contributed by atoms with Crippen LogP contribution in [0.2, 0.25) is 0 Å². The molecule has 1 aromatic rings. The Labute approximate surface area is 148 Å². The molecule has 136 valence electrons. The molecule has 0 radical (unpaired) electrons. The second kappa shape index (κ2) is 6.46. The fraction of sp³-hybridized carbons (Fsp3) is 0.737. The quantitative estimate of drug-likeness (QED) is 0.825. The Morgan fingerprint density at radius 2 is 1.92 bits per heavy atom. The number of carbonyl (C=O) groups is 2. The van der Waals surface area contributed by atoms with Crippen LogP contribution in [0.15, 0.2) is 6.07 Å². The van der Waals surface area contributed by atoms with Gasteiger partial charge >= 0.3 is 11.8 Å². The SMILES string of the molecule is Cn1nc(NC(=O)C(=O)NCC23CCC(CC2)C3)cc1C1CCCC1. The molecule has 6 nitrogen and oxygen atoms in total. The zero-order valence-electron chi connectivity index (χ0n) is 15.0. The molecule has 3 aliphatic rings. The van der Waals surface area contributed by atoms with Crippen LogP contribution < -0.4 is 10.6 Å². The Morgan fingerprint density at radius 3 is 2.56 bits per heavy atom. The molecule has 4 rings (SSSR count). The first-order valence-electron chi connectivity index (χ1n) is 9.68. The number of rotatable bonds is 4. The summed E-state index contributed by atoms with van der Waals surface area (Å²) in [7, 11) is 1.90. The van der Waals surface area contributed by atoms with Gasteiger partial charge in [0.05, 0.1) is 0 Å². The van der Waals surface area contributed by atoms with Crippen LogP contribution in [-0.4, -0.2) is 28.1 Å². The van der Waals surface area contributed by atoms with Crippen LogP contribution in [0.3, 0.4) is 0 Å². The molecule has 1 aromatic heterocycles. The van der Waals surface area contributed by atoms with Gasteiger partial charge in [0.25, 0.3) is 0 Å². The summed E-state index contributed by atoms with van der Waals surface area (Å²) in [6.45, 7) is 0.630. The molecular formula is C19H28N4O2. The van der Waals surface area contributed by atoms with Gasteiger partial charge in [0.1, 0.15) is 0 Å². The highest BCUT2D eigenvalue weighted by Gasteiger charge is 2.44. The largest absolute Gasteiger partial charge is 0.347 e. The summed E-state index contributed by atoms with van der Waals surface area (Å²) in [5, 5.41) is 9.87. The number of amides is 2. The molecule has 3 aliphatic carbocycles. The molecular weight excluding hydrogens is 316 g/mol. The van der Waals surface area contributed by atoms with Crippen molar-refractivity contribution in [3.8, 4) is 0 Å². The average Bonchev–Trinajstić information content (AvgIpc) is 3.37. The molecule has 2 amide bonds. The van der Waals surface area contributed by atoms with E-state index < -0.39 is 11.8 Å². The monoisotopic (exact) mass is 344 g/mol. The van der Waals surface area contributed by atoms with Crippen molar-refractivity contribution >= 4 is 17.6 Å². The zero-order valence-corrected chi connectivity index (χ0v) is 15.0. The first-order valence-corrected chi connectivity index (χ1v) is 9.68. The predicted octanol–water partition coefficient (Wildman–Crippen LogP) is 2.71. The summed E-state index contributed by atoms with van der Waals surface area (Å²) < 4.78 is 1.83. The van der Waals surface area contributed by atoms with Crippen LogP contribution in [0, 0.1) is 11.3 Å². The van der Waals surface area contributed by atoms with Crippen molar-refractivity contribution in [2.45, 2.75) is 63.7 Å². The van der Waals surface area contributed by atoms with E-state index >= 15 is 0 Å². The summed E-state index contributed by atoms with van der Waals surface area (Å²) >= 11 is 0. The second-order valence-corrected chi connectivity index (χ2v) is 8.34. The number of carbonyl (C=O) groups excluding carboxylic acids is 2. The van der Waals surface area contributed by atoms with Crippen molar-refractivity contribution in [3.63, 3.8) is 0 Å². The molecule has 0 saturated heterocycles.